The molecule has 9 heteroatoms. The van der Waals surface area contributed by atoms with Crippen LogP contribution in [0, 0.1) is 0 Å². The van der Waals surface area contributed by atoms with Crippen molar-refractivity contribution in [3.63, 3.8) is 0 Å². The summed E-state index contributed by atoms with van der Waals surface area (Å²) in [7, 11) is 0. The summed E-state index contributed by atoms with van der Waals surface area (Å²) in [5, 5.41) is 16.5. The van der Waals surface area contributed by atoms with Crippen LogP contribution >= 0.6 is 0 Å². The molecule has 5 aromatic carbocycles. The first-order valence-electron chi connectivity index (χ1n) is 17.6. The van der Waals surface area contributed by atoms with Crippen LogP contribution in [-0.4, -0.2) is 35.7 Å². The van der Waals surface area contributed by atoms with E-state index in [-0.39, 0.29) is 11.5 Å². The van der Waals surface area contributed by atoms with Crippen LogP contribution in [0.2, 0.25) is 0 Å². The van der Waals surface area contributed by atoms with Gasteiger partial charge in [-0.15, -0.1) is 5.10 Å². The molecular formula is C43H37N7O2. The zero-order chi connectivity index (χ0) is 35.7. The Morgan fingerprint density at radius 3 is 1.85 bits per heavy atom. The Bertz CT molecular complexity index is 2330. The number of carbonyl (C=O) groups excluding carboxylic acids is 1. The van der Waals surface area contributed by atoms with E-state index in [4.69, 9.17) is 10.3 Å². The van der Waals surface area contributed by atoms with E-state index in [9.17, 15) is 9.59 Å². The second-order valence-corrected chi connectivity index (χ2v) is 13.1. The van der Waals surface area contributed by atoms with E-state index in [0.29, 0.717) is 30.2 Å². The quantitative estimate of drug-likeness (QED) is 0.150. The lowest BCUT2D eigenvalue weighted by Gasteiger charge is -2.36. The number of nitrogens with zero attached hydrogens (tertiary/aromatic N) is 6. The third kappa shape index (κ3) is 5.51. The molecule has 7 aromatic rings. The van der Waals surface area contributed by atoms with Crippen LogP contribution in [0.5, 0.6) is 0 Å². The van der Waals surface area contributed by atoms with Gasteiger partial charge in [-0.05, 0) is 57.2 Å². The molecule has 1 unspecified atom stereocenters. The number of hydrogen-bond donors (Lipinski definition) is 1. The van der Waals surface area contributed by atoms with Gasteiger partial charge >= 0.3 is 0 Å². The van der Waals surface area contributed by atoms with E-state index < -0.39 is 11.6 Å². The minimum atomic E-state index is -0.884. The predicted octanol–water partition coefficient (Wildman–Crippen LogP) is 7.46. The molecule has 0 spiro atoms. The standard InChI is InChI=1S/C43H37N7O2/c1-3-15-38-37(41(52)45-42-44-40(51)29(2)49(38)42)28-30-24-26-31(27-25-30)35-22-13-14-23-36(35)39-46-47-48-50(39)43(32-16-7-4-8-17-32,33-18-9-5-10-19-33)34-20-11-6-12-21-34/h4-14,16-27,29H,3,15,28H2,1-2H3,(H,44,45,51,52). The zero-order valence-electron chi connectivity index (χ0n) is 29.0. The number of amides is 1. The van der Waals surface area contributed by atoms with Gasteiger partial charge in [-0.2, -0.15) is 4.98 Å². The summed E-state index contributed by atoms with van der Waals surface area (Å²) in [6, 6.07) is 47.1. The fourth-order valence-corrected chi connectivity index (χ4v) is 7.56. The molecule has 9 nitrogen and oxygen atoms in total. The summed E-state index contributed by atoms with van der Waals surface area (Å²) in [5.41, 5.74) is 7.19. The number of fused-ring (bicyclic) bond motifs is 1. The molecule has 2 aromatic heterocycles. The number of hydrogen-bond acceptors (Lipinski definition) is 6. The highest BCUT2D eigenvalue weighted by atomic mass is 16.2. The monoisotopic (exact) mass is 683 g/mol. The number of benzene rings is 5. The van der Waals surface area contributed by atoms with Gasteiger partial charge in [0.05, 0.1) is 0 Å². The third-order valence-corrected chi connectivity index (χ3v) is 10.00. The minimum Gasteiger partial charge on any atom is -0.303 e. The smallest absolute Gasteiger partial charge is 0.278 e. The highest BCUT2D eigenvalue weighted by Gasteiger charge is 2.42. The van der Waals surface area contributed by atoms with Gasteiger partial charge in [-0.1, -0.05) is 153 Å². The number of carbonyl (C=O) groups is 1. The zero-order valence-corrected chi connectivity index (χ0v) is 29.0. The Morgan fingerprint density at radius 1 is 0.712 bits per heavy atom. The Balaban J connectivity index is 1.23. The molecular weight excluding hydrogens is 647 g/mol. The van der Waals surface area contributed by atoms with Gasteiger partial charge in [0.1, 0.15) is 11.6 Å². The Morgan fingerprint density at radius 2 is 1.27 bits per heavy atom. The lowest BCUT2D eigenvalue weighted by atomic mass is 9.77. The Kier molecular flexibility index (Phi) is 8.60. The van der Waals surface area contributed by atoms with E-state index in [1.165, 1.54) is 0 Å². The fraction of sp³-hybridized carbons (Fsp3) is 0.163. The van der Waals surface area contributed by atoms with E-state index in [2.05, 4.69) is 95.2 Å². The summed E-state index contributed by atoms with van der Waals surface area (Å²) >= 11 is 0. The number of tetrazole rings is 1. The first kappa shape index (κ1) is 32.7. The molecule has 1 atom stereocenters. The number of rotatable bonds is 10. The summed E-state index contributed by atoms with van der Waals surface area (Å²) in [4.78, 5) is 30.0. The summed E-state index contributed by atoms with van der Waals surface area (Å²) in [6.07, 6.45) is 1.93. The maximum absolute atomic E-state index is 13.3. The van der Waals surface area contributed by atoms with Gasteiger partial charge < -0.3 is 4.57 Å². The highest BCUT2D eigenvalue weighted by Crippen LogP contribution is 2.43. The fourth-order valence-electron chi connectivity index (χ4n) is 7.56. The maximum Gasteiger partial charge on any atom is 0.278 e. The van der Waals surface area contributed by atoms with Crippen molar-refractivity contribution in [2.75, 3.05) is 5.32 Å². The van der Waals surface area contributed by atoms with Crippen molar-refractivity contribution >= 4 is 11.9 Å². The van der Waals surface area contributed by atoms with Crippen LogP contribution < -0.4 is 10.9 Å². The summed E-state index contributed by atoms with van der Waals surface area (Å²) < 4.78 is 3.84. The van der Waals surface area contributed by atoms with Crippen molar-refractivity contribution in [1.82, 2.24) is 29.8 Å². The van der Waals surface area contributed by atoms with Gasteiger partial charge in [0.15, 0.2) is 5.82 Å². The van der Waals surface area contributed by atoms with Crippen LogP contribution in [0.25, 0.3) is 22.5 Å². The van der Waals surface area contributed by atoms with E-state index in [1.54, 1.807) is 0 Å². The molecule has 0 fully saturated rings. The molecule has 0 radical (unpaired) electrons. The molecule has 1 aliphatic heterocycles. The molecule has 0 saturated heterocycles. The Labute approximate surface area is 301 Å². The molecule has 0 aliphatic carbocycles. The highest BCUT2D eigenvalue weighted by molar-refractivity contribution is 5.96. The van der Waals surface area contributed by atoms with Crippen LogP contribution in [0.4, 0.5) is 5.95 Å². The van der Waals surface area contributed by atoms with Gasteiger partial charge in [-0.3, -0.25) is 14.9 Å². The van der Waals surface area contributed by atoms with Gasteiger partial charge in [0.2, 0.25) is 11.9 Å². The van der Waals surface area contributed by atoms with Crippen molar-refractivity contribution in [2.45, 2.75) is 44.7 Å². The first-order valence-corrected chi connectivity index (χ1v) is 17.6. The number of nitrogens with one attached hydrogen (secondary N) is 1. The lowest BCUT2D eigenvalue weighted by Crippen LogP contribution is -2.39. The predicted molar refractivity (Wildman–Crippen MR) is 202 cm³/mol. The van der Waals surface area contributed by atoms with Gasteiger partial charge in [0.25, 0.3) is 5.56 Å². The summed E-state index contributed by atoms with van der Waals surface area (Å²) in [5.74, 6) is 0.804. The largest absolute Gasteiger partial charge is 0.303 e. The first-order chi connectivity index (χ1) is 25.5. The third-order valence-electron chi connectivity index (χ3n) is 10.00. The topological polar surface area (TPSA) is 108 Å². The molecule has 0 bridgehead atoms. The second kappa shape index (κ2) is 13.7. The molecule has 1 aliphatic rings. The van der Waals surface area contributed by atoms with Crippen molar-refractivity contribution in [3.8, 4) is 22.5 Å². The SMILES string of the molecule is CCCc1c(Cc2ccc(-c3ccccc3-c3nnnn3C(c3ccccc3)(c3ccccc3)c3ccccc3)cc2)c(=O)nc2n1C(C)C(=O)N2. The van der Waals surface area contributed by atoms with Gasteiger partial charge in [0, 0.05) is 23.2 Å². The normalized spacial score (nSPS) is 13.9. The van der Waals surface area contributed by atoms with Crippen LogP contribution in [0.1, 0.15) is 59.8 Å². The van der Waals surface area contributed by atoms with Crippen molar-refractivity contribution in [1.29, 1.82) is 0 Å². The Hall–Kier alpha value is -6.48. The average Bonchev–Trinajstić information content (AvgIpc) is 3.79. The molecule has 8 rings (SSSR count). The maximum atomic E-state index is 13.3. The van der Waals surface area contributed by atoms with E-state index >= 15 is 0 Å². The van der Waals surface area contributed by atoms with E-state index in [1.807, 2.05) is 82.9 Å². The minimum absolute atomic E-state index is 0.149. The molecule has 52 heavy (non-hydrogen) atoms. The molecule has 1 N–H and O–H groups in total. The van der Waals surface area contributed by atoms with Crippen LogP contribution in [0.15, 0.2) is 144 Å². The number of anilines is 1. The van der Waals surface area contributed by atoms with Crippen LogP contribution in [-0.2, 0) is 23.2 Å². The van der Waals surface area contributed by atoms with Crippen molar-refractivity contribution < 1.29 is 4.79 Å². The molecule has 256 valence electrons. The molecule has 1 amide bonds. The molecule has 3 heterocycles. The van der Waals surface area contributed by atoms with Gasteiger partial charge in [-0.25, -0.2) is 4.68 Å². The average molecular weight is 684 g/mol. The van der Waals surface area contributed by atoms with Crippen molar-refractivity contribution in [3.05, 3.63) is 183 Å². The van der Waals surface area contributed by atoms with E-state index in [0.717, 1.165) is 51.1 Å². The van der Waals surface area contributed by atoms with Crippen molar-refractivity contribution in [2.24, 2.45) is 0 Å². The second-order valence-electron chi connectivity index (χ2n) is 13.1. The number of aromatic nitrogens is 6. The lowest BCUT2D eigenvalue weighted by molar-refractivity contribution is -0.117. The summed E-state index contributed by atoms with van der Waals surface area (Å²) in [6.45, 7) is 3.91. The van der Waals surface area contributed by atoms with Crippen LogP contribution in [0.3, 0.4) is 0 Å². The molecule has 0 saturated carbocycles.